The third-order valence-electron chi connectivity index (χ3n) is 5.70. The second-order valence-electron chi connectivity index (χ2n) is 7.42. The van der Waals surface area contributed by atoms with Gasteiger partial charge in [-0.3, -0.25) is 4.79 Å². The molecule has 3 heterocycles. The largest absolute Gasteiger partial charge is 0.378 e. The number of hydrogen-bond donors (Lipinski definition) is 1. The summed E-state index contributed by atoms with van der Waals surface area (Å²) < 4.78 is 7.72. The smallest absolute Gasteiger partial charge is 0.255 e. The molecule has 4 aromatic rings. The number of fused-ring (bicyclic) bond motifs is 3. The number of aromatic nitrogens is 2. The van der Waals surface area contributed by atoms with Crippen molar-refractivity contribution < 1.29 is 9.53 Å². The highest BCUT2D eigenvalue weighted by Crippen LogP contribution is 2.30. The first kappa shape index (κ1) is 18.6. The van der Waals surface area contributed by atoms with Crippen molar-refractivity contribution in [1.29, 1.82) is 0 Å². The van der Waals surface area contributed by atoms with Crippen molar-refractivity contribution >= 4 is 39.2 Å². The number of para-hydroxylation sites is 1. The lowest BCUT2D eigenvalue weighted by molar-refractivity contribution is 0.102. The zero-order valence-electron chi connectivity index (χ0n) is 17.0. The van der Waals surface area contributed by atoms with E-state index >= 15 is 0 Å². The minimum absolute atomic E-state index is 0.132. The first-order chi connectivity index (χ1) is 14.8. The van der Waals surface area contributed by atoms with Gasteiger partial charge in [-0.05, 0) is 43.3 Å². The molecule has 6 heteroatoms. The van der Waals surface area contributed by atoms with Crippen LogP contribution in [0.5, 0.6) is 0 Å². The van der Waals surface area contributed by atoms with Crippen LogP contribution in [0.1, 0.15) is 17.3 Å². The minimum atomic E-state index is -0.132. The van der Waals surface area contributed by atoms with Crippen LogP contribution in [-0.2, 0) is 11.3 Å². The average Bonchev–Trinajstić information content (AvgIpc) is 3.13. The maximum atomic E-state index is 13.1. The van der Waals surface area contributed by atoms with Crippen molar-refractivity contribution in [2.45, 2.75) is 13.5 Å². The summed E-state index contributed by atoms with van der Waals surface area (Å²) >= 11 is 0. The number of rotatable bonds is 4. The van der Waals surface area contributed by atoms with Crippen molar-refractivity contribution in [1.82, 2.24) is 9.55 Å². The van der Waals surface area contributed by atoms with E-state index in [0.717, 1.165) is 42.0 Å². The number of nitrogens with one attached hydrogen (secondary N) is 1. The lowest BCUT2D eigenvalue weighted by Crippen LogP contribution is -2.37. The lowest BCUT2D eigenvalue weighted by atomic mass is 10.1. The van der Waals surface area contributed by atoms with Crippen LogP contribution in [0.4, 0.5) is 11.5 Å². The van der Waals surface area contributed by atoms with Gasteiger partial charge in [0.05, 0.1) is 18.9 Å². The highest BCUT2D eigenvalue weighted by molar-refractivity contribution is 6.13. The quantitative estimate of drug-likeness (QED) is 0.555. The van der Waals surface area contributed by atoms with E-state index in [0.29, 0.717) is 18.8 Å². The summed E-state index contributed by atoms with van der Waals surface area (Å²) in [6.07, 6.45) is 1.76. The van der Waals surface area contributed by atoms with Crippen molar-refractivity contribution in [3.05, 3.63) is 66.4 Å². The molecule has 6 nitrogen and oxygen atoms in total. The van der Waals surface area contributed by atoms with Gasteiger partial charge >= 0.3 is 0 Å². The minimum Gasteiger partial charge on any atom is -0.378 e. The van der Waals surface area contributed by atoms with Crippen LogP contribution < -0.4 is 10.2 Å². The highest BCUT2D eigenvalue weighted by atomic mass is 16.5. The second-order valence-corrected chi connectivity index (χ2v) is 7.42. The fourth-order valence-electron chi connectivity index (χ4n) is 4.25. The molecule has 0 aliphatic carbocycles. The number of hydrogen-bond acceptors (Lipinski definition) is 4. The first-order valence-electron chi connectivity index (χ1n) is 10.4. The Morgan fingerprint density at radius 1 is 1.03 bits per heavy atom. The number of ether oxygens (including phenoxy) is 1. The van der Waals surface area contributed by atoms with Crippen molar-refractivity contribution in [3.8, 4) is 0 Å². The Morgan fingerprint density at radius 3 is 2.67 bits per heavy atom. The summed E-state index contributed by atoms with van der Waals surface area (Å²) in [6.45, 7) is 5.89. The van der Waals surface area contributed by atoms with Gasteiger partial charge in [0.2, 0.25) is 0 Å². The molecule has 1 aliphatic heterocycles. The van der Waals surface area contributed by atoms with Crippen LogP contribution in [0.2, 0.25) is 0 Å². The van der Waals surface area contributed by atoms with E-state index in [2.05, 4.69) is 44.9 Å². The maximum Gasteiger partial charge on any atom is 0.255 e. The second kappa shape index (κ2) is 7.80. The number of carbonyl (C=O) groups excluding carboxylic acids is 1. The van der Waals surface area contributed by atoms with Crippen molar-refractivity contribution in [2.24, 2.45) is 0 Å². The number of nitrogens with zero attached hydrogens (tertiary/aromatic N) is 3. The van der Waals surface area contributed by atoms with Gasteiger partial charge in [0, 0.05) is 53.2 Å². The predicted molar refractivity (Wildman–Crippen MR) is 120 cm³/mol. The van der Waals surface area contributed by atoms with E-state index in [1.54, 1.807) is 6.20 Å². The van der Waals surface area contributed by atoms with Crippen molar-refractivity contribution in [2.75, 3.05) is 36.5 Å². The Bertz CT molecular complexity index is 1220. The Hall–Kier alpha value is -3.38. The Balaban J connectivity index is 1.50. The van der Waals surface area contributed by atoms with Gasteiger partial charge in [0.25, 0.3) is 5.91 Å². The molecule has 1 amide bonds. The Morgan fingerprint density at radius 2 is 1.83 bits per heavy atom. The first-order valence-corrected chi connectivity index (χ1v) is 10.4. The zero-order valence-corrected chi connectivity index (χ0v) is 17.0. The van der Waals surface area contributed by atoms with Gasteiger partial charge in [0.15, 0.2) is 5.82 Å². The molecule has 1 saturated heterocycles. The molecule has 2 aromatic carbocycles. The third kappa shape index (κ3) is 3.19. The molecule has 0 saturated carbocycles. The number of amides is 1. The Labute approximate surface area is 175 Å². The molecule has 1 aliphatic rings. The summed E-state index contributed by atoms with van der Waals surface area (Å²) in [6, 6.07) is 18.0. The summed E-state index contributed by atoms with van der Waals surface area (Å²) in [5.74, 6) is 0.658. The van der Waals surface area contributed by atoms with E-state index in [1.165, 1.54) is 10.9 Å². The van der Waals surface area contributed by atoms with Crippen LogP contribution in [0.25, 0.3) is 21.8 Å². The molecule has 0 atom stereocenters. The van der Waals surface area contributed by atoms with E-state index in [4.69, 9.17) is 4.74 Å². The van der Waals surface area contributed by atoms with Crippen LogP contribution in [0.15, 0.2) is 60.8 Å². The van der Waals surface area contributed by atoms with Gasteiger partial charge in [0.1, 0.15) is 0 Å². The molecule has 0 radical (unpaired) electrons. The highest BCUT2D eigenvalue weighted by Gasteiger charge is 2.18. The van der Waals surface area contributed by atoms with E-state index < -0.39 is 0 Å². The molecule has 0 bridgehead atoms. The number of pyridine rings is 1. The summed E-state index contributed by atoms with van der Waals surface area (Å²) in [7, 11) is 0. The summed E-state index contributed by atoms with van der Waals surface area (Å²) in [5.41, 5.74) is 3.69. The third-order valence-corrected chi connectivity index (χ3v) is 5.70. The van der Waals surface area contributed by atoms with Crippen LogP contribution in [0, 0.1) is 0 Å². The number of morpholine rings is 1. The predicted octanol–water partition coefficient (Wildman–Crippen LogP) is 4.30. The number of anilines is 2. The van der Waals surface area contributed by atoms with Crippen LogP contribution in [-0.4, -0.2) is 41.8 Å². The number of aryl methyl sites for hydroxylation is 1. The van der Waals surface area contributed by atoms with Crippen LogP contribution in [0.3, 0.4) is 0 Å². The van der Waals surface area contributed by atoms with E-state index in [-0.39, 0.29) is 5.91 Å². The Kier molecular flexibility index (Phi) is 4.85. The molecule has 0 spiro atoms. The topological polar surface area (TPSA) is 59.4 Å². The number of carbonyl (C=O) groups is 1. The molecule has 5 rings (SSSR count). The fraction of sp³-hybridized carbons (Fsp3) is 0.250. The van der Waals surface area contributed by atoms with Gasteiger partial charge in [-0.2, -0.15) is 0 Å². The van der Waals surface area contributed by atoms with Crippen LogP contribution >= 0.6 is 0 Å². The van der Waals surface area contributed by atoms with Crippen molar-refractivity contribution in [3.63, 3.8) is 0 Å². The fourth-order valence-corrected chi connectivity index (χ4v) is 4.25. The number of benzene rings is 2. The maximum absolute atomic E-state index is 13.1. The lowest BCUT2D eigenvalue weighted by Gasteiger charge is -2.29. The van der Waals surface area contributed by atoms with Gasteiger partial charge in [-0.1, -0.05) is 18.2 Å². The molecule has 1 fully saturated rings. The molecule has 152 valence electrons. The van der Waals surface area contributed by atoms with Gasteiger partial charge in [-0.25, -0.2) is 4.98 Å². The SMILES string of the molecule is CCn1c2ccccc2c2cc(C(=O)Nc3cccnc3N3CCOCC3)ccc21. The molecule has 30 heavy (non-hydrogen) atoms. The zero-order chi connectivity index (χ0) is 20.5. The average molecular weight is 400 g/mol. The van der Waals surface area contributed by atoms with Gasteiger partial charge in [-0.15, -0.1) is 0 Å². The summed E-state index contributed by atoms with van der Waals surface area (Å²) in [5, 5.41) is 5.33. The molecule has 1 N–H and O–H groups in total. The molecular formula is C24H24N4O2. The molecular weight excluding hydrogens is 376 g/mol. The summed E-state index contributed by atoms with van der Waals surface area (Å²) in [4.78, 5) is 19.8. The van der Waals surface area contributed by atoms with E-state index in [1.807, 2.05) is 36.4 Å². The monoisotopic (exact) mass is 400 g/mol. The molecule has 2 aromatic heterocycles. The van der Waals surface area contributed by atoms with E-state index in [9.17, 15) is 4.79 Å². The standard InChI is InChI=1S/C24H24N4O2/c1-2-28-21-8-4-3-6-18(21)19-16-17(9-10-22(19)28)24(29)26-20-7-5-11-25-23(20)27-12-14-30-15-13-27/h3-11,16H,2,12-15H2,1H3,(H,26,29). The van der Waals surface area contributed by atoms with Gasteiger partial charge < -0.3 is 19.5 Å². The molecule has 0 unspecified atom stereocenters. The normalized spacial score (nSPS) is 14.4.